The molecular weight excluding hydrogens is 261 g/mol. The molecule has 1 aliphatic rings. The minimum Gasteiger partial charge on any atom is -0.313 e. The molecule has 0 bridgehead atoms. The number of hydrogen-bond donors (Lipinski definition) is 1. The summed E-state index contributed by atoms with van der Waals surface area (Å²) >= 11 is 0. The van der Waals surface area contributed by atoms with Crippen molar-refractivity contribution < 1.29 is 8.60 Å². The molecule has 2 nitrogen and oxygen atoms in total. The highest BCUT2D eigenvalue weighted by Gasteiger charge is 2.33. The summed E-state index contributed by atoms with van der Waals surface area (Å²) in [4.78, 5) is 0.351. The Labute approximate surface area is 117 Å². The number of nitrogens with one attached hydrogen (secondary N) is 1. The van der Waals surface area contributed by atoms with Gasteiger partial charge in [0.2, 0.25) is 0 Å². The standard InChI is InChI=1S/C15H22FNOS/c1-3-17-13-9-8-11(2)10-15(13)19(18)14-7-5-4-6-12(14)16/h4-7,11,13,15,17H,3,8-10H2,1-2H3. The van der Waals surface area contributed by atoms with Gasteiger partial charge in [0.1, 0.15) is 5.82 Å². The first-order valence-electron chi connectivity index (χ1n) is 7.02. The lowest BCUT2D eigenvalue weighted by molar-refractivity contribution is 0.316. The van der Waals surface area contributed by atoms with Gasteiger partial charge in [0.25, 0.3) is 0 Å². The average molecular weight is 283 g/mol. The zero-order chi connectivity index (χ0) is 13.8. The van der Waals surface area contributed by atoms with Crippen LogP contribution in [0.5, 0.6) is 0 Å². The van der Waals surface area contributed by atoms with Gasteiger partial charge in [-0.25, -0.2) is 4.39 Å². The third-order valence-corrected chi connectivity index (χ3v) is 5.68. The Morgan fingerprint density at radius 2 is 2.11 bits per heavy atom. The van der Waals surface area contributed by atoms with Crippen LogP contribution in [-0.2, 0) is 10.8 Å². The highest BCUT2D eigenvalue weighted by atomic mass is 32.2. The predicted octanol–water partition coefficient (Wildman–Crippen LogP) is 3.10. The van der Waals surface area contributed by atoms with Crippen molar-refractivity contribution in [2.75, 3.05) is 6.54 Å². The lowest BCUT2D eigenvalue weighted by atomic mass is 9.87. The summed E-state index contributed by atoms with van der Waals surface area (Å²) in [6, 6.07) is 6.67. The van der Waals surface area contributed by atoms with Gasteiger partial charge in [0, 0.05) is 6.04 Å². The molecule has 0 aliphatic heterocycles. The Bertz CT molecular complexity index is 452. The first-order valence-corrected chi connectivity index (χ1v) is 8.23. The van der Waals surface area contributed by atoms with Gasteiger partial charge in [0.05, 0.1) is 20.9 Å². The first kappa shape index (κ1) is 14.7. The van der Waals surface area contributed by atoms with E-state index in [0.29, 0.717) is 10.8 Å². The van der Waals surface area contributed by atoms with E-state index in [2.05, 4.69) is 19.2 Å². The molecule has 0 amide bonds. The molecule has 1 fully saturated rings. The zero-order valence-corrected chi connectivity index (χ0v) is 12.4. The normalized spacial score (nSPS) is 29.1. The number of hydrogen-bond acceptors (Lipinski definition) is 2. The van der Waals surface area contributed by atoms with Crippen LogP contribution in [0.4, 0.5) is 4.39 Å². The Morgan fingerprint density at radius 1 is 1.37 bits per heavy atom. The van der Waals surface area contributed by atoms with Crippen molar-refractivity contribution in [1.82, 2.24) is 5.32 Å². The third kappa shape index (κ3) is 3.42. The lowest BCUT2D eigenvalue weighted by Crippen LogP contribution is -2.46. The molecule has 2 rings (SSSR count). The highest BCUT2D eigenvalue weighted by Crippen LogP contribution is 2.30. The molecule has 106 valence electrons. The number of benzene rings is 1. The van der Waals surface area contributed by atoms with Crippen LogP contribution >= 0.6 is 0 Å². The molecule has 4 unspecified atom stereocenters. The summed E-state index contributed by atoms with van der Waals surface area (Å²) < 4.78 is 26.5. The second-order valence-corrected chi connectivity index (χ2v) is 6.99. The quantitative estimate of drug-likeness (QED) is 0.920. The van der Waals surface area contributed by atoms with E-state index in [0.717, 1.165) is 25.8 Å². The number of halogens is 1. The molecule has 0 spiro atoms. The second kappa shape index (κ2) is 6.62. The van der Waals surface area contributed by atoms with Crippen LogP contribution in [0.25, 0.3) is 0 Å². The zero-order valence-electron chi connectivity index (χ0n) is 11.6. The van der Waals surface area contributed by atoms with Gasteiger partial charge in [0.15, 0.2) is 0 Å². The van der Waals surface area contributed by atoms with Crippen LogP contribution < -0.4 is 5.32 Å². The maximum absolute atomic E-state index is 13.8. The summed E-state index contributed by atoms with van der Waals surface area (Å²) in [6.07, 6.45) is 3.08. The van der Waals surface area contributed by atoms with Crippen LogP contribution in [-0.4, -0.2) is 22.0 Å². The molecule has 1 aromatic carbocycles. The van der Waals surface area contributed by atoms with Gasteiger partial charge >= 0.3 is 0 Å². The number of rotatable bonds is 4. The fraction of sp³-hybridized carbons (Fsp3) is 0.600. The van der Waals surface area contributed by atoms with E-state index in [4.69, 9.17) is 0 Å². The van der Waals surface area contributed by atoms with Gasteiger partial charge in [-0.1, -0.05) is 26.0 Å². The summed E-state index contributed by atoms with van der Waals surface area (Å²) in [5.74, 6) is 0.213. The summed E-state index contributed by atoms with van der Waals surface area (Å²) in [5, 5.41) is 3.42. The van der Waals surface area contributed by atoms with Crippen molar-refractivity contribution in [2.24, 2.45) is 5.92 Å². The molecule has 0 saturated heterocycles. The summed E-state index contributed by atoms with van der Waals surface area (Å²) in [6.45, 7) is 5.11. The average Bonchev–Trinajstić information content (AvgIpc) is 2.41. The first-order chi connectivity index (χ1) is 9.13. The topological polar surface area (TPSA) is 29.1 Å². The molecule has 4 atom stereocenters. The van der Waals surface area contributed by atoms with Gasteiger partial charge < -0.3 is 5.32 Å². The van der Waals surface area contributed by atoms with Gasteiger partial charge in [-0.05, 0) is 43.9 Å². The molecular formula is C15H22FNOS. The largest absolute Gasteiger partial charge is 0.313 e. The highest BCUT2D eigenvalue weighted by molar-refractivity contribution is 7.85. The molecule has 1 aliphatic carbocycles. The summed E-state index contributed by atoms with van der Waals surface area (Å²) in [5.41, 5.74) is 0. The van der Waals surface area contributed by atoms with Crippen LogP contribution in [0.2, 0.25) is 0 Å². The third-order valence-electron chi connectivity index (χ3n) is 3.85. The second-order valence-electron chi connectivity index (χ2n) is 5.35. The van der Waals surface area contributed by atoms with E-state index in [1.54, 1.807) is 18.2 Å². The molecule has 0 heterocycles. The molecule has 19 heavy (non-hydrogen) atoms. The van der Waals surface area contributed by atoms with Crippen molar-refractivity contribution in [3.8, 4) is 0 Å². The van der Waals surface area contributed by atoms with Crippen LogP contribution in [0.3, 0.4) is 0 Å². The van der Waals surface area contributed by atoms with E-state index in [9.17, 15) is 8.60 Å². The lowest BCUT2D eigenvalue weighted by Gasteiger charge is -2.34. The minimum absolute atomic E-state index is 0.0144. The van der Waals surface area contributed by atoms with Crippen molar-refractivity contribution in [3.05, 3.63) is 30.1 Å². The van der Waals surface area contributed by atoms with Gasteiger partial charge in [-0.2, -0.15) is 0 Å². The van der Waals surface area contributed by atoms with Crippen molar-refractivity contribution in [1.29, 1.82) is 0 Å². The van der Waals surface area contributed by atoms with E-state index in [-0.39, 0.29) is 17.1 Å². The predicted molar refractivity (Wildman–Crippen MR) is 77.1 cm³/mol. The Hall–Kier alpha value is -0.740. The van der Waals surface area contributed by atoms with Crippen LogP contribution in [0.15, 0.2) is 29.2 Å². The van der Waals surface area contributed by atoms with Crippen LogP contribution in [0.1, 0.15) is 33.1 Å². The van der Waals surface area contributed by atoms with Crippen molar-refractivity contribution >= 4 is 10.8 Å². The van der Waals surface area contributed by atoms with Crippen molar-refractivity contribution in [3.63, 3.8) is 0 Å². The van der Waals surface area contributed by atoms with Gasteiger partial charge in [-0.15, -0.1) is 0 Å². The van der Waals surface area contributed by atoms with Crippen LogP contribution in [0, 0.1) is 11.7 Å². The molecule has 1 N–H and O–H groups in total. The minimum atomic E-state index is -1.27. The fourth-order valence-corrected chi connectivity index (χ4v) is 4.67. The monoisotopic (exact) mass is 283 g/mol. The smallest absolute Gasteiger partial charge is 0.139 e. The fourth-order valence-electron chi connectivity index (χ4n) is 2.83. The van der Waals surface area contributed by atoms with E-state index < -0.39 is 10.8 Å². The molecule has 1 aromatic rings. The Morgan fingerprint density at radius 3 is 2.79 bits per heavy atom. The molecule has 4 heteroatoms. The van der Waals surface area contributed by atoms with Gasteiger partial charge in [-0.3, -0.25) is 4.21 Å². The Kier molecular flexibility index (Phi) is 5.11. The van der Waals surface area contributed by atoms with E-state index in [1.807, 2.05) is 0 Å². The SMILES string of the molecule is CCNC1CCC(C)CC1S(=O)c1ccccc1F. The van der Waals surface area contributed by atoms with Crippen molar-refractivity contribution in [2.45, 2.75) is 49.3 Å². The molecule has 1 saturated carbocycles. The summed E-state index contributed by atoms with van der Waals surface area (Å²) in [7, 11) is -1.27. The maximum Gasteiger partial charge on any atom is 0.139 e. The van der Waals surface area contributed by atoms with E-state index in [1.165, 1.54) is 6.07 Å². The maximum atomic E-state index is 13.8. The molecule has 0 radical (unpaired) electrons. The van der Waals surface area contributed by atoms with E-state index >= 15 is 0 Å². The molecule has 0 aromatic heterocycles. The Balaban J connectivity index is 2.21.